The number of sulfone groups is 1. The Hall–Kier alpha value is -1.50. The van der Waals surface area contributed by atoms with Gasteiger partial charge in [0.05, 0.1) is 5.25 Å². The number of rotatable bonds is 4. The summed E-state index contributed by atoms with van der Waals surface area (Å²) in [6.07, 6.45) is 0. The smallest absolute Gasteiger partial charge is 0.235 e. The Labute approximate surface area is 104 Å². The van der Waals surface area contributed by atoms with Crippen LogP contribution in [-0.2, 0) is 14.6 Å². The average Bonchev–Trinajstić information content (AvgIpc) is 2.27. The predicted octanol–water partition coefficient (Wildman–Crippen LogP) is 1.31. The molecule has 0 spiro atoms. The number of primary amides is 1. The van der Waals surface area contributed by atoms with Crippen molar-refractivity contribution in [3.63, 3.8) is 0 Å². The third-order valence-electron chi connectivity index (χ3n) is 2.79. The van der Waals surface area contributed by atoms with Crippen molar-refractivity contribution in [1.82, 2.24) is 0 Å². The molecule has 0 saturated carbocycles. The van der Waals surface area contributed by atoms with Crippen molar-refractivity contribution in [3.05, 3.63) is 35.4 Å². The molecule has 1 rings (SSSR count). The first-order chi connectivity index (χ1) is 8.19. The van der Waals surface area contributed by atoms with E-state index in [1.54, 1.807) is 0 Å². The molecule has 0 aliphatic carbocycles. The molecule has 1 amide bonds. The maximum absolute atomic E-state index is 13.5. The minimum atomic E-state index is -4.09. The molecule has 18 heavy (non-hydrogen) atoms. The Morgan fingerprint density at radius 1 is 1.22 bits per heavy atom. The van der Waals surface area contributed by atoms with Crippen molar-refractivity contribution in [1.29, 1.82) is 0 Å². The molecule has 2 atom stereocenters. The van der Waals surface area contributed by atoms with E-state index in [-0.39, 0.29) is 0 Å². The maximum Gasteiger partial charge on any atom is 0.235 e. The van der Waals surface area contributed by atoms with Crippen molar-refractivity contribution in [2.45, 2.75) is 24.3 Å². The Morgan fingerprint density at radius 2 is 1.67 bits per heavy atom. The Bertz CT molecular complexity index is 551. The lowest BCUT2D eigenvalue weighted by Gasteiger charge is -2.17. The number of hydrogen-bond donors (Lipinski definition) is 1. The topological polar surface area (TPSA) is 77.2 Å². The molecule has 0 aliphatic rings. The van der Waals surface area contributed by atoms with Crippen molar-refractivity contribution in [2.24, 2.45) is 5.73 Å². The molecule has 0 radical (unpaired) electrons. The normalized spacial score (nSPS) is 15.1. The summed E-state index contributed by atoms with van der Waals surface area (Å²) in [5.74, 6) is -3.00. The quantitative estimate of drug-likeness (QED) is 0.901. The van der Waals surface area contributed by atoms with Gasteiger partial charge in [-0.05, 0) is 26.0 Å². The highest BCUT2D eigenvalue weighted by molar-refractivity contribution is 7.93. The molecule has 100 valence electrons. The zero-order valence-electron chi connectivity index (χ0n) is 9.85. The maximum atomic E-state index is 13.5. The number of carbonyl (C=O) groups is 1. The van der Waals surface area contributed by atoms with Crippen LogP contribution in [0.3, 0.4) is 0 Å². The van der Waals surface area contributed by atoms with Gasteiger partial charge in [-0.25, -0.2) is 17.2 Å². The van der Waals surface area contributed by atoms with Crippen LogP contribution in [0.2, 0.25) is 0 Å². The third-order valence-corrected chi connectivity index (χ3v) is 5.23. The number of halogens is 2. The second kappa shape index (κ2) is 5.01. The largest absolute Gasteiger partial charge is 0.369 e. The van der Waals surface area contributed by atoms with E-state index in [2.05, 4.69) is 0 Å². The summed E-state index contributed by atoms with van der Waals surface area (Å²) in [6.45, 7) is 2.21. The van der Waals surface area contributed by atoms with Crippen LogP contribution in [0.25, 0.3) is 0 Å². The second-order valence-corrected chi connectivity index (χ2v) is 6.50. The molecular formula is C11H13F2NO3S. The van der Waals surface area contributed by atoms with Crippen LogP contribution < -0.4 is 5.73 Å². The van der Waals surface area contributed by atoms with Gasteiger partial charge < -0.3 is 5.73 Å². The van der Waals surface area contributed by atoms with E-state index in [1.807, 2.05) is 0 Å². The number of nitrogens with two attached hydrogens (primary N) is 1. The van der Waals surface area contributed by atoms with E-state index in [0.29, 0.717) is 0 Å². The molecule has 4 nitrogen and oxygen atoms in total. The third kappa shape index (κ3) is 2.50. The van der Waals surface area contributed by atoms with Gasteiger partial charge in [0, 0.05) is 5.56 Å². The number of benzene rings is 1. The summed E-state index contributed by atoms with van der Waals surface area (Å²) in [7, 11) is -4.09. The lowest BCUT2D eigenvalue weighted by atomic mass is 10.1. The van der Waals surface area contributed by atoms with Gasteiger partial charge in [-0.1, -0.05) is 6.07 Å². The standard InChI is InChI=1S/C11H13F2NO3S/c1-6(18(16,17)7(2)11(14)15)10-8(12)4-3-5-9(10)13/h3-7H,1-2H3,(H2,14,15)/t6-,7+/m0/s1. The molecular weight excluding hydrogens is 264 g/mol. The number of hydrogen-bond acceptors (Lipinski definition) is 3. The molecule has 0 aliphatic heterocycles. The lowest BCUT2D eigenvalue weighted by molar-refractivity contribution is -0.117. The first-order valence-corrected chi connectivity index (χ1v) is 6.76. The molecule has 7 heteroatoms. The van der Waals surface area contributed by atoms with Crippen LogP contribution in [-0.4, -0.2) is 19.6 Å². The van der Waals surface area contributed by atoms with Gasteiger partial charge in [-0.3, -0.25) is 4.79 Å². The molecule has 0 fully saturated rings. The first-order valence-electron chi connectivity index (χ1n) is 5.15. The second-order valence-electron chi connectivity index (χ2n) is 3.91. The summed E-state index contributed by atoms with van der Waals surface area (Å²) >= 11 is 0. The van der Waals surface area contributed by atoms with Gasteiger partial charge in [0.15, 0.2) is 9.84 Å². The lowest BCUT2D eigenvalue weighted by Crippen LogP contribution is -2.35. The van der Waals surface area contributed by atoms with Gasteiger partial charge in [0.2, 0.25) is 5.91 Å². The molecule has 1 aromatic rings. The number of carbonyl (C=O) groups excluding carboxylic acids is 1. The van der Waals surface area contributed by atoms with Crippen molar-refractivity contribution >= 4 is 15.7 Å². The fraction of sp³-hybridized carbons (Fsp3) is 0.364. The fourth-order valence-electron chi connectivity index (χ4n) is 1.53. The van der Waals surface area contributed by atoms with Gasteiger partial charge >= 0.3 is 0 Å². The van der Waals surface area contributed by atoms with E-state index in [1.165, 1.54) is 0 Å². The van der Waals surface area contributed by atoms with Gasteiger partial charge in [0.1, 0.15) is 16.9 Å². The van der Waals surface area contributed by atoms with Crippen molar-refractivity contribution in [2.75, 3.05) is 0 Å². The SMILES string of the molecule is C[C@H](C(N)=O)S(=O)(=O)[C@@H](C)c1c(F)cccc1F. The molecule has 0 bridgehead atoms. The van der Waals surface area contributed by atoms with E-state index in [9.17, 15) is 22.0 Å². The van der Waals surface area contributed by atoms with E-state index < -0.39 is 43.4 Å². The molecule has 0 unspecified atom stereocenters. The van der Waals surface area contributed by atoms with Crippen LogP contribution in [0, 0.1) is 11.6 Å². The van der Waals surface area contributed by atoms with Crippen LogP contribution in [0.15, 0.2) is 18.2 Å². The van der Waals surface area contributed by atoms with Gasteiger partial charge in [-0.15, -0.1) is 0 Å². The molecule has 0 heterocycles. The van der Waals surface area contributed by atoms with Crippen LogP contribution >= 0.6 is 0 Å². The van der Waals surface area contributed by atoms with Crippen molar-refractivity contribution < 1.29 is 22.0 Å². The fourth-order valence-corrected chi connectivity index (χ4v) is 3.02. The number of amides is 1. The first kappa shape index (κ1) is 14.6. The summed E-state index contributed by atoms with van der Waals surface area (Å²) < 4.78 is 50.8. The minimum Gasteiger partial charge on any atom is -0.369 e. The summed E-state index contributed by atoms with van der Waals surface area (Å²) in [5.41, 5.74) is 4.33. The highest BCUT2D eigenvalue weighted by atomic mass is 32.2. The Morgan fingerprint density at radius 3 is 2.06 bits per heavy atom. The average molecular weight is 277 g/mol. The Kier molecular flexibility index (Phi) is 4.05. The van der Waals surface area contributed by atoms with E-state index >= 15 is 0 Å². The van der Waals surface area contributed by atoms with Crippen LogP contribution in [0.1, 0.15) is 24.7 Å². The predicted molar refractivity (Wildman–Crippen MR) is 62.3 cm³/mol. The van der Waals surface area contributed by atoms with E-state index in [0.717, 1.165) is 32.0 Å². The minimum absolute atomic E-state index is 0.578. The van der Waals surface area contributed by atoms with Crippen LogP contribution in [0.4, 0.5) is 8.78 Å². The zero-order chi connectivity index (χ0) is 14.1. The molecule has 0 aromatic heterocycles. The summed E-state index contributed by atoms with van der Waals surface area (Å²) in [4.78, 5) is 10.9. The molecule has 0 saturated heterocycles. The summed E-state index contributed by atoms with van der Waals surface area (Å²) in [6, 6.07) is 3.05. The highest BCUT2D eigenvalue weighted by Crippen LogP contribution is 2.29. The van der Waals surface area contributed by atoms with Crippen LogP contribution in [0.5, 0.6) is 0 Å². The monoisotopic (exact) mass is 277 g/mol. The Balaban J connectivity index is 3.31. The molecule has 1 aromatic carbocycles. The van der Waals surface area contributed by atoms with Gasteiger partial charge in [0.25, 0.3) is 0 Å². The van der Waals surface area contributed by atoms with E-state index in [4.69, 9.17) is 5.73 Å². The zero-order valence-corrected chi connectivity index (χ0v) is 10.7. The highest BCUT2D eigenvalue weighted by Gasteiger charge is 2.35. The molecule has 2 N–H and O–H groups in total. The van der Waals surface area contributed by atoms with Gasteiger partial charge in [-0.2, -0.15) is 0 Å². The van der Waals surface area contributed by atoms with Crippen molar-refractivity contribution in [3.8, 4) is 0 Å². The summed E-state index contributed by atoms with van der Waals surface area (Å²) in [5, 5.41) is -2.99.